The largest absolute Gasteiger partial charge is 0.352 e. The Hall–Kier alpha value is -1.69. The van der Waals surface area contributed by atoms with Gasteiger partial charge in [-0.1, -0.05) is 13.8 Å². The molecule has 0 spiro atoms. The van der Waals surface area contributed by atoms with E-state index >= 15 is 0 Å². The minimum absolute atomic E-state index is 0.194. The third-order valence-electron chi connectivity index (χ3n) is 3.19. The van der Waals surface area contributed by atoms with Crippen LogP contribution in [0.15, 0.2) is 12.1 Å². The van der Waals surface area contributed by atoms with Crippen LogP contribution in [0, 0.1) is 6.92 Å². The highest BCUT2D eigenvalue weighted by molar-refractivity contribution is 5.78. The minimum atomic E-state index is 0.194. The van der Waals surface area contributed by atoms with Crippen LogP contribution < -0.4 is 4.90 Å². The second-order valence-corrected chi connectivity index (χ2v) is 5.14. The molecule has 1 aromatic rings. The summed E-state index contributed by atoms with van der Waals surface area (Å²) in [7, 11) is 3.83. The molecule has 0 unspecified atom stereocenters. The zero-order valence-corrected chi connectivity index (χ0v) is 13.8. The van der Waals surface area contributed by atoms with Crippen molar-refractivity contribution in [1.82, 2.24) is 20.0 Å². The lowest BCUT2D eigenvalue weighted by Gasteiger charge is -2.35. The molecule has 1 saturated heterocycles. The van der Waals surface area contributed by atoms with Crippen LogP contribution in [0.3, 0.4) is 0 Å². The standard InChI is InChI=1S/C13H21N5O.C2H6/c1-11-4-5-12(15-14-11)17-6-8-18(9-7-17)13(19)10-16(2)3;1-2/h4-5H,6-10H2,1-3H3;1-2H3. The lowest BCUT2D eigenvalue weighted by molar-refractivity contribution is -0.132. The molecular formula is C15H27N5O. The van der Waals surface area contributed by atoms with Crippen molar-refractivity contribution >= 4 is 11.7 Å². The number of rotatable bonds is 3. The van der Waals surface area contributed by atoms with Crippen LogP contribution in [0.25, 0.3) is 0 Å². The van der Waals surface area contributed by atoms with Crippen LogP contribution in [0.4, 0.5) is 5.82 Å². The van der Waals surface area contributed by atoms with E-state index in [1.54, 1.807) is 0 Å². The molecule has 0 saturated carbocycles. The highest BCUT2D eigenvalue weighted by atomic mass is 16.2. The maximum atomic E-state index is 11.9. The first-order valence-electron chi connectivity index (χ1n) is 7.54. The van der Waals surface area contributed by atoms with E-state index in [0.717, 1.165) is 37.7 Å². The van der Waals surface area contributed by atoms with Gasteiger partial charge >= 0.3 is 0 Å². The molecule has 2 heterocycles. The van der Waals surface area contributed by atoms with Gasteiger partial charge in [0.05, 0.1) is 12.2 Å². The third kappa shape index (κ3) is 5.30. The maximum Gasteiger partial charge on any atom is 0.236 e. The number of anilines is 1. The summed E-state index contributed by atoms with van der Waals surface area (Å²) in [6.45, 7) is 9.54. The summed E-state index contributed by atoms with van der Waals surface area (Å²) in [5, 5.41) is 8.25. The Labute approximate surface area is 127 Å². The molecular weight excluding hydrogens is 266 g/mol. The number of amides is 1. The van der Waals surface area contributed by atoms with E-state index in [4.69, 9.17) is 0 Å². The molecule has 1 fully saturated rings. The summed E-state index contributed by atoms with van der Waals surface area (Å²) in [6, 6.07) is 3.95. The zero-order valence-electron chi connectivity index (χ0n) is 13.8. The van der Waals surface area contributed by atoms with Crippen molar-refractivity contribution in [2.45, 2.75) is 20.8 Å². The summed E-state index contributed by atoms with van der Waals surface area (Å²) in [5.41, 5.74) is 0.920. The molecule has 21 heavy (non-hydrogen) atoms. The first-order valence-corrected chi connectivity index (χ1v) is 7.54. The average Bonchev–Trinajstić information content (AvgIpc) is 2.49. The molecule has 1 amide bonds. The molecule has 1 aliphatic heterocycles. The van der Waals surface area contributed by atoms with E-state index < -0.39 is 0 Å². The fourth-order valence-electron chi connectivity index (χ4n) is 2.12. The molecule has 0 aliphatic carbocycles. The van der Waals surface area contributed by atoms with E-state index in [0.29, 0.717) is 6.54 Å². The molecule has 1 aromatic heterocycles. The first-order chi connectivity index (χ1) is 10.1. The van der Waals surface area contributed by atoms with Gasteiger partial charge in [-0.15, -0.1) is 5.10 Å². The maximum absolute atomic E-state index is 11.9. The molecule has 6 heteroatoms. The molecule has 0 aromatic carbocycles. The fraction of sp³-hybridized carbons (Fsp3) is 0.667. The minimum Gasteiger partial charge on any atom is -0.352 e. The fourth-order valence-corrected chi connectivity index (χ4v) is 2.12. The highest BCUT2D eigenvalue weighted by Crippen LogP contribution is 2.12. The first kappa shape index (κ1) is 17.4. The molecule has 0 atom stereocenters. The number of carbonyl (C=O) groups is 1. The normalized spacial score (nSPS) is 14.8. The van der Waals surface area contributed by atoms with Gasteiger partial charge in [-0.2, -0.15) is 5.10 Å². The number of aromatic nitrogens is 2. The van der Waals surface area contributed by atoms with Gasteiger partial charge < -0.3 is 14.7 Å². The van der Waals surface area contributed by atoms with E-state index in [1.807, 2.05) is 56.8 Å². The number of hydrogen-bond acceptors (Lipinski definition) is 5. The van der Waals surface area contributed by atoms with Gasteiger partial charge in [-0.05, 0) is 33.2 Å². The van der Waals surface area contributed by atoms with Crippen LogP contribution in [0.5, 0.6) is 0 Å². The lowest BCUT2D eigenvalue weighted by atomic mass is 10.3. The molecule has 2 rings (SSSR count). The van der Waals surface area contributed by atoms with Crippen LogP contribution in [0.1, 0.15) is 19.5 Å². The average molecular weight is 293 g/mol. The number of aryl methyl sites for hydroxylation is 1. The summed E-state index contributed by atoms with van der Waals surface area (Å²) in [5.74, 6) is 1.09. The molecule has 0 N–H and O–H groups in total. The van der Waals surface area contributed by atoms with E-state index in [2.05, 4.69) is 15.1 Å². The Morgan fingerprint density at radius 1 is 1.14 bits per heavy atom. The lowest BCUT2D eigenvalue weighted by Crippen LogP contribution is -2.51. The number of hydrogen-bond donors (Lipinski definition) is 0. The van der Waals surface area contributed by atoms with Crippen LogP contribution >= 0.6 is 0 Å². The smallest absolute Gasteiger partial charge is 0.236 e. The van der Waals surface area contributed by atoms with Crippen molar-refractivity contribution in [3.8, 4) is 0 Å². The molecule has 0 bridgehead atoms. The Morgan fingerprint density at radius 2 is 1.76 bits per heavy atom. The van der Waals surface area contributed by atoms with Crippen LogP contribution in [-0.2, 0) is 4.79 Å². The van der Waals surface area contributed by atoms with Gasteiger partial charge in [0.2, 0.25) is 5.91 Å². The highest BCUT2D eigenvalue weighted by Gasteiger charge is 2.22. The van der Waals surface area contributed by atoms with Gasteiger partial charge in [0.15, 0.2) is 5.82 Å². The molecule has 118 valence electrons. The van der Waals surface area contributed by atoms with Crippen molar-refractivity contribution in [3.63, 3.8) is 0 Å². The van der Waals surface area contributed by atoms with Gasteiger partial charge in [0.25, 0.3) is 0 Å². The third-order valence-corrected chi connectivity index (χ3v) is 3.19. The van der Waals surface area contributed by atoms with Crippen molar-refractivity contribution in [2.75, 3.05) is 51.7 Å². The Balaban J connectivity index is 0.00000106. The van der Waals surface area contributed by atoms with Crippen LogP contribution in [-0.4, -0.2) is 72.7 Å². The SMILES string of the molecule is CC.Cc1ccc(N2CCN(C(=O)CN(C)C)CC2)nn1. The van der Waals surface area contributed by atoms with E-state index in [1.165, 1.54) is 0 Å². The van der Waals surface area contributed by atoms with Gasteiger partial charge in [0.1, 0.15) is 0 Å². The monoisotopic (exact) mass is 293 g/mol. The number of piperazine rings is 1. The topological polar surface area (TPSA) is 52.6 Å². The van der Waals surface area contributed by atoms with E-state index in [-0.39, 0.29) is 5.91 Å². The molecule has 0 radical (unpaired) electrons. The number of nitrogens with zero attached hydrogens (tertiary/aromatic N) is 5. The summed E-state index contributed by atoms with van der Waals surface area (Å²) < 4.78 is 0. The van der Waals surface area contributed by atoms with Crippen molar-refractivity contribution in [2.24, 2.45) is 0 Å². The van der Waals surface area contributed by atoms with Gasteiger partial charge in [-0.3, -0.25) is 4.79 Å². The predicted octanol–water partition coefficient (Wildman–Crippen LogP) is 1.02. The summed E-state index contributed by atoms with van der Waals surface area (Å²) in [6.07, 6.45) is 0. The molecule has 6 nitrogen and oxygen atoms in total. The number of carbonyl (C=O) groups excluding carboxylic acids is 1. The van der Waals surface area contributed by atoms with Crippen molar-refractivity contribution in [1.29, 1.82) is 0 Å². The van der Waals surface area contributed by atoms with Crippen molar-refractivity contribution in [3.05, 3.63) is 17.8 Å². The molecule has 1 aliphatic rings. The summed E-state index contributed by atoms with van der Waals surface area (Å²) in [4.78, 5) is 17.9. The summed E-state index contributed by atoms with van der Waals surface area (Å²) >= 11 is 0. The Morgan fingerprint density at radius 3 is 2.24 bits per heavy atom. The van der Waals surface area contributed by atoms with Crippen molar-refractivity contribution < 1.29 is 4.79 Å². The Bertz CT molecular complexity index is 424. The second-order valence-electron chi connectivity index (χ2n) is 5.14. The van der Waals surface area contributed by atoms with Gasteiger partial charge in [0, 0.05) is 26.2 Å². The zero-order chi connectivity index (χ0) is 15.8. The van der Waals surface area contributed by atoms with Gasteiger partial charge in [-0.25, -0.2) is 0 Å². The second kappa shape index (κ2) is 8.56. The Kier molecular flexibility index (Phi) is 7.08. The predicted molar refractivity (Wildman–Crippen MR) is 85.5 cm³/mol. The van der Waals surface area contributed by atoms with E-state index in [9.17, 15) is 4.79 Å². The number of likely N-dealkylation sites (N-methyl/N-ethyl adjacent to an activating group) is 1. The quantitative estimate of drug-likeness (QED) is 0.833. The van der Waals surface area contributed by atoms with Crippen LogP contribution in [0.2, 0.25) is 0 Å².